The minimum atomic E-state index is -0.332. The number of rotatable bonds is 4. The number of methoxy groups -OCH3 is 2. The standard InChI is InChI=1S/C16H19NO3/c1-11(2)17-9-8-14(15(17)16(18)20-4)12-6-5-7-13(10-12)19-3/h5-11H,1-4H3. The maximum absolute atomic E-state index is 12.1. The molecular formula is C16H19NO3. The van der Waals surface area contributed by atoms with E-state index in [1.54, 1.807) is 7.11 Å². The van der Waals surface area contributed by atoms with Crippen molar-refractivity contribution >= 4 is 5.97 Å². The summed E-state index contributed by atoms with van der Waals surface area (Å²) >= 11 is 0. The summed E-state index contributed by atoms with van der Waals surface area (Å²) in [5.74, 6) is 0.428. The molecule has 2 aromatic rings. The van der Waals surface area contributed by atoms with Crippen molar-refractivity contribution in [2.75, 3.05) is 14.2 Å². The van der Waals surface area contributed by atoms with E-state index >= 15 is 0 Å². The highest BCUT2D eigenvalue weighted by Crippen LogP contribution is 2.30. The van der Waals surface area contributed by atoms with E-state index < -0.39 is 0 Å². The highest BCUT2D eigenvalue weighted by atomic mass is 16.5. The van der Waals surface area contributed by atoms with Gasteiger partial charge in [0.25, 0.3) is 0 Å². The van der Waals surface area contributed by atoms with Gasteiger partial charge in [-0.15, -0.1) is 0 Å². The molecule has 0 aliphatic rings. The highest BCUT2D eigenvalue weighted by molar-refractivity contribution is 5.96. The molecule has 0 radical (unpaired) electrons. The van der Waals surface area contributed by atoms with Crippen molar-refractivity contribution in [3.05, 3.63) is 42.2 Å². The monoisotopic (exact) mass is 273 g/mol. The molecule has 106 valence electrons. The average Bonchev–Trinajstić information content (AvgIpc) is 2.91. The molecular weight excluding hydrogens is 254 g/mol. The van der Waals surface area contributed by atoms with Crippen LogP contribution in [0.25, 0.3) is 11.1 Å². The summed E-state index contributed by atoms with van der Waals surface area (Å²) < 4.78 is 12.1. The molecule has 0 saturated heterocycles. The molecule has 0 amide bonds. The zero-order valence-electron chi connectivity index (χ0n) is 12.2. The summed E-state index contributed by atoms with van der Waals surface area (Å²) in [5, 5.41) is 0. The van der Waals surface area contributed by atoms with Crippen molar-refractivity contribution in [1.29, 1.82) is 0 Å². The Morgan fingerprint density at radius 3 is 2.55 bits per heavy atom. The van der Waals surface area contributed by atoms with Gasteiger partial charge in [-0.05, 0) is 37.6 Å². The number of benzene rings is 1. The molecule has 4 heteroatoms. The predicted molar refractivity (Wildman–Crippen MR) is 78.1 cm³/mol. The summed E-state index contributed by atoms with van der Waals surface area (Å²) in [6.45, 7) is 4.06. The first-order valence-corrected chi connectivity index (χ1v) is 6.52. The maximum atomic E-state index is 12.1. The molecule has 0 atom stereocenters. The zero-order valence-corrected chi connectivity index (χ0v) is 12.2. The molecule has 20 heavy (non-hydrogen) atoms. The second kappa shape index (κ2) is 5.82. The number of esters is 1. The van der Waals surface area contributed by atoms with Crippen molar-refractivity contribution in [2.45, 2.75) is 19.9 Å². The Kier molecular flexibility index (Phi) is 4.13. The van der Waals surface area contributed by atoms with Gasteiger partial charge in [0.15, 0.2) is 0 Å². The van der Waals surface area contributed by atoms with Gasteiger partial charge in [-0.1, -0.05) is 12.1 Å². The third-order valence-corrected chi connectivity index (χ3v) is 3.23. The van der Waals surface area contributed by atoms with E-state index in [-0.39, 0.29) is 12.0 Å². The minimum Gasteiger partial charge on any atom is -0.497 e. The Bertz CT molecular complexity index is 614. The number of nitrogens with zero attached hydrogens (tertiary/aromatic N) is 1. The fraction of sp³-hybridized carbons (Fsp3) is 0.312. The van der Waals surface area contributed by atoms with Crippen LogP contribution in [0.4, 0.5) is 0 Å². The van der Waals surface area contributed by atoms with Crippen molar-refractivity contribution in [3.8, 4) is 16.9 Å². The van der Waals surface area contributed by atoms with Crippen LogP contribution in [-0.2, 0) is 4.74 Å². The third kappa shape index (κ3) is 2.54. The predicted octanol–water partition coefficient (Wildman–Crippen LogP) is 3.53. The molecule has 1 aromatic heterocycles. The van der Waals surface area contributed by atoms with E-state index in [0.29, 0.717) is 5.69 Å². The van der Waals surface area contributed by atoms with Crippen LogP contribution in [0.1, 0.15) is 30.4 Å². The lowest BCUT2D eigenvalue weighted by molar-refractivity contribution is 0.0587. The van der Waals surface area contributed by atoms with Crippen LogP contribution in [-0.4, -0.2) is 24.8 Å². The van der Waals surface area contributed by atoms with Gasteiger partial charge >= 0.3 is 5.97 Å². The number of aromatic nitrogens is 1. The minimum absolute atomic E-state index is 0.184. The molecule has 0 aliphatic heterocycles. The average molecular weight is 273 g/mol. The maximum Gasteiger partial charge on any atom is 0.355 e. The molecule has 0 fully saturated rings. The third-order valence-electron chi connectivity index (χ3n) is 3.23. The Morgan fingerprint density at radius 2 is 1.95 bits per heavy atom. The SMILES string of the molecule is COC(=O)c1c(-c2cccc(OC)c2)ccn1C(C)C. The molecule has 0 bridgehead atoms. The van der Waals surface area contributed by atoms with Crippen LogP contribution in [0.2, 0.25) is 0 Å². The lowest BCUT2D eigenvalue weighted by Gasteiger charge is -2.13. The molecule has 0 unspecified atom stereocenters. The fourth-order valence-electron chi connectivity index (χ4n) is 2.21. The first kappa shape index (κ1) is 14.2. The lowest BCUT2D eigenvalue weighted by Crippen LogP contribution is -2.12. The van der Waals surface area contributed by atoms with Crippen LogP contribution in [0.15, 0.2) is 36.5 Å². The van der Waals surface area contributed by atoms with E-state index in [1.807, 2.05) is 54.9 Å². The second-order valence-corrected chi connectivity index (χ2v) is 4.80. The first-order valence-electron chi connectivity index (χ1n) is 6.52. The van der Waals surface area contributed by atoms with Crippen LogP contribution >= 0.6 is 0 Å². The fourth-order valence-corrected chi connectivity index (χ4v) is 2.21. The Morgan fingerprint density at radius 1 is 1.20 bits per heavy atom. The van der Waals surface area contributed by atoms with Gasteiger partial charge in [-0.2, -0.15) is 0 Å². The molecule has 0 spiro atoms. The summed E-state index contributed by atoms with van der Waals surface area (Å²) in [5.41, 5.74) is 2.35. The van der Waals surface area contributed by atoms with E-state index in [0.717, 1.165) is 16.9 Å². The summed E-state index contributed by atoms with van der Waals surface area (Å²) in [4.78, 5) is 12.1. The van der Waals surface area contributed by atoms with E-state index in [9.17, 15) is 4.79 Å². The quantitative estimate of drug-likeness (QED) is 0.800. The number of hydrogen-bond donors (Lipinski definition) is 0. The molecule has 0 N–H and O–H groups in total. The van der Waals surface area contributed by atoms with Crippen molar-refractivity contribution in [3.63, 3.8) is 0 Å². The van der Waals surface area contributed by atoms with Gasteiger partial charge < -0.3 is 14.0 Å². The molecule has 0 aliphatic carbocycles. The van der Waals surface area contributed by atoms with E-state index in [2.05, 4.69) is 0 Å². The normalized spacial score (nSPS) is 10.7. The second-order valence-electron chi connectivity index (χ2n) is 4.80. The largest absolute Gasteiger partial charge is 0.497 e. The topological polar surface area (TPSA) is 40.5 Å². The van der Waals surface area contributed by atoms with Gasteiger partial charge in [0.05, 0.1) is 14.2 Å². The van der Waals surface area contributed by atoms with Gasteiger partial charge in [-0.3, -0.25) is 0 Å². The Labute approximate surface area is 118 Å². The number of carbonyl (C=O) groups is 1. The molecule has 1 aromatic carbocycles. The lowest BCUT2D eigenvalue weighted by atomic mass is 10.1. The van der Waals surface area contributed by atoms with E-state index in [1.165, 1.54) is 7.11 Å². The zero-order chi connectivity index (χ0) is 14.7. The van der Waals surface area contributed by atoms with Crippen LogP contribution < -0.4 is 4.74 Å². The molecule has 4 nitrogen and oxygen atoms in total. The molecule has 0 saturated carbocycles. The molecule has 1 heterocycles. The number of ether oxygens (including phenoxy) is 2. The number of hydrogen-bond acceptors (Lipinski definition) is 3. The van der Waals surface area contributed by atoms with E-state index in [4.69, 9.17) is 9.47 Å². The van der Waals surface area contributed by atoms with Gasteiger partial charge in [0.1, 0.15) is 11.4 Å². The summed E-state index contributed by atoms with van der Waals surface area (Å²) in [7, 11) is 3.02. The van der Waals surface area contributed by atoms with Gasteiger partial charge in [0.2, 0.25) is 0 Å². The Balaban J connectivity index is 2.58. The van der Waals surface area contributed by atoms with Crippen molar-refractivity contribution < 1.29 is 14.3 Å². The van der Waals surface area contributed by atoms with Crippen LogP contribution in [0.3, 0.4) is 0 Å². The highest BCUT2D eigenvalue weighted by Gasteiger charge is 2.20. The summed E-state index contributed by atoms with van der Waals surface area (Å²) in [6, 6.07) is 9.76. The van der Waals surface area contributed by atoms with Gasteiger partial charge in [-0.25, -0.2) is 4.79 Å². The summed E-state index contributed by atoms with van der Waals surface area (Å²) in [6.07, 6.45) is 1.91. The van der Waals surface area contributed by atoms with Gasteiger partial charge in [0, 0.05) is 17.8 Å². The van der Waals surface area contributed by atoms with Crippen molar-refractivity contribution in [1.82, 2.24) is 4.57 Å². The van der Waals surface area contributed by atoms with Crippen LogP contribution in [0, 0.1) is 0 Å². The first-order chi connectivity index (χ1) is 9.58. The van der Waals surface area contributed by atoms with Crippen molar-refractivity contribution in [2.24, 2.45) is 0 Å². The van der Waals surface area contributed by atoms with Crippen LogP contribution in [0.5, 0.6) is 5.75 Å². The Hall–Kier alpha value is -2.23. The smallest absolute Gasteiger partial charge is 0.355 e. The molecule has 2 rings (SSSR count). The number of carbonyl (C=O) groups excluding carboxylic acids is 1.